The fraction of sp³-hybridized carbons (Fsp3) is 0.556. The number of hydrogen-bond donors (Lipinski definition) is 0. The molecule has 0 saturated carbocycles. The highest BCUT2D eigenvalue weighted by Gasteiger charge is 2.52. The molecule has 3 aliphatic heterocycles. The number of likely N-dealkylation sites (tertiary alicyclic amines) is 1. The van der Waals surface area contributed by atoms with Crippen LogP contribution in [0, 0.1) is 5.41 Å². The molecule has 0 bridgehead atoms. The summed E-state index contributed by atoms with van der Waals surface area (Å²) in [5, 5.41) is 0. The number of rotatable bonds is 3. The van der Waals surface area contributed by atoms with Crippen molar-refractivity contribution in [3.63, 3.8) is 0 Å². The molecule has 3 heterocycles. The molecule has 4 rings (SSSR count). The van der Waals surface area contributed by atoms with Gasteiger partial charge in [-0.25, -0.2) is 0 Å². The molecular formula is C18H22N2O2S. The van der Waals surface area contributed by atoms with Gasteiger partial charge >= 0.3 is 0 Å². The second-order valence-electron chi connectivity index (χ2n) is 6.83. The Labute approximate surface area is 141 Å². The second-order valence-corrected chi connectivity index (χ2v) is 7.93. The van der Waals surface area contributed by atoms with E-state index in [2.05, 4.69) is 29.2 Å². The number of anilines is 1. The van der Waals surface area contributed by atoms with Crippen LogP contribution in [0.2, 0.25) is 0 Å². The molecule has 1 atom stereocenters. The van der Waals surface area contributed by atoms with Crippen LogP contribution in [-0.2, 0) is 16.0 Å². The monoisotopic (exact) mass is 330 g/mol. The van der Waals surface area contributed by atoms with Gasteiger partial charge in [0.1, 0.15) is 0 Å². The Morgan fingerprint density at radius 3 is 2.87 bits per heavy atom. The molecule has 3 aliphatic rings. The molecular weight excluding hydrogens is 308 g/mol. The van der Waals surface area contributed by atoms with E-state index in [1.165, 1.54) is 16.2 Å². The van der Waals surface area contributed by atoms with Crippen LogP contribution in [0.5, 0.6) is 0 Å². The minimum absolute atomic E-state index is 0.0304. The van der Waals surface area contributed by atoms with Crippen LogP contribution in [0.3, 0.4) is 0 Å². The Kier molecular flexibility index (Phi) is 3.84. The summed E-state index contributed by atoms with van der Waals surface area (Å²) in [5.41, 5.74) is 2.27. The number of para-hydroxylation sites is 1. The van der Waals surface area contributed by atoms with E-state index in [4.69, 9.17) is 0 Å². The van der Waals surface area contributed by atoms with Gasteiger partial charge in [0.05, 0.1) is 5.41 Å². The summed E-state index contributed by atoms with van der Waals surface area (Å²) in [5.74, 6) is 1.94. The minimum atomic E-state index is -0.373. The van der Waals surface area contributed by atoms with E-state index >= 15 is 0 Å². The normalized spacial score (nSPS) is 27.1. The van der Waals surface area contributed by atoms with Crippen molar-refractivity contribution in [1.82, 2.24) is 4.90 Å². The zero-order valence-electron chi connectivity index (χ0n) is 13.3. The Balaban J connectivity index is 1.46. The first-order valence-corrected chi connectivity index (χ1v) is 9.60. The van der Waals surface area contributed by atoms with E-state index in [0.29, 0.717) is 13.0 Å². The SMILES string of the molecule is O=C1CC2(CCSC2)C(=O)N1CCN1CCCc2ccccc21. The highest BCUT2D eigenvalue weighted by atomic mass is 32.2. The number of imide groups is 1. The van der Waals surface area contributed by atoms with Crippen molar-refractivity contribution >= 4 is 29.3 Å². The summed E-state index contributed by atoms with van der Waals surface area (Å²) in [6.07, 6.45) is 3.55. The molecule has 4 nitrogen and oxygen atoms in total. The van der Waals surface area contributed by atoms with Gasteiger partial charge in [-0.1, -0.05) is 18.2 Å². The molecule has 1 unspecified atom stereocenters. The zero-order valence-corrected chi connectivity index (χ0v) is 14.1. The summed E-state index contributed by atoms with van der Waals surface area (Å²) in [6.45, 7) is 2.28. The van der Waals surface area contributed by atoms with Gasteiger partial charge in [-0.05, 0) is 36.6 Å². The predicted molar refractivity (Wildman–Crippen MR) is 92.7 cm³/mol. The summed E-state index contributed by atoms with van der Waals surface area (Å²) >= 11 is 1.80. The molecule has 2 fully saturated rings. The molecule has 2 amide bonds. The quantitative estimate of drug-likeness (QED) is 0.798. The highest BCUT2D eigenvalue weighted by molar-refractivity contribution is 7.99. The van der Waals surface area contributed by atoms with Crippen molar-refractivity contribution in [2.75, 3.05) is 36.0 Å². The molecule has 23 heavy (non-hydrogen) atoms. The molecule has 122 valence electrons. The number of nitrogens with zero attached hydrogens (tertiary/aromatic N) is 2. The number of carbonyl (C=O) groups excluding carboxylic acids is 2. The van der Waals surface area contributed by atoms with Gasteiger partial charge in [0.2, 0.25) is 11.8 Å². The molecule has 0 aliphatic carbocycles. The number of amides is 2. The van der Waals surface area contributed by atoms with E-state index in [9.17, 15) is 9.59 Å². The van der Waals surface area contributed by atoms with Crippen molar-refractivity contribution in [3.05, 3.63) is 29.8 Å². The molecule has 2 saturated heterocycles. The van der Waals surface area contributed by atoms with E-state index in [1.54, 1.807) is 11.8 Å². The summed E-state index contributed by atoms with van der Waals surface area (Å²) in [4.78, 5) is 28.9. The summed E-state index contributed by atoms with van der Waals surface area (Å²) in [7, 11) is 0. The molecule has 0 radical (unpaired) electrons. The number of aryl methyl sites for hydroxylation is 1. The Bertz CT molecular complexity index is 640. The number of hydrogen-bond acceptors (Lipinski definition) is 4. The standard InChI is InChI=1S/C18H22N2O2S/c21-16-12-18(7-11-23-13-18)17(22)20(16)10-9-19-8-3-5-14-4-1-2-6-15(14)19/h1-2,4,6H,3,5,7-13H2. The fourth-order valence-electron chi connectivity index (χ4n) is 4.07. The minimum Gasteiger partial charge on any atom is -0.370 e. The Morgan fingerprint density at radius 1 is 1.17 bits per heavy atom. The average Bonchev–Trinajstić information content (AvgIpc) is 3.12. The van der Waals surface area contributed by atoms with Crippen molar-refractivity contribution < 1.29 is 9.59 Å². The number of fused-ring (bicyclic) bond motifs is 1. The largest absolute Gasteiger partial charge is 0.370 e. The van der Waals surface area contributed by atoms with Gasteiger partial charge in [0.15, 0.2) is 0 Å². The van der Waals surface area contributed by atoms with Gasteiger partial charge < -0.3 is 4.90 Å². The van der Waals surface area contributed by atoms with Crippen LogP contribution in [-0.4, -0.2) is 47.9 Å². The highest BCUT2D eigenvalue weighted by Crippen LogP contribution is 2.44. The molecule has 1 aromatic rings. The van der Waals surface area contributed by atoms with Crippen LogP contribution in [0.15, 0.2) is 24.3 Å². The Hall–Kier alpha value is -1.49. The van der Waals surface area contributed by atoms with Gasteiger partial charge in [-0.2, -0.15) is 11.8 Å². The molecule has 5 heteroatoms. The first kappa shape index (κ1) is 15.1. The lowest BCUT2D eigenvalue weighted by atomic mass is 9.86. The lowest BCUT2D eigenvalue weighted by Crippen LogP contribution is -2.42. The van der Waals surface area contributed by atoms with Crippen LogP contribution in [0.1, 0.15) is 24.8 Å². The van der Waals surface area contributed by atoms with Gasteiger partial charge in [-0.3, -0.25) is 14.5 Å². The summed E-state index contributed by atoms with van der Waals surface area (Å²) < 4.78 is 0. The topological polar surface area (TPSA) is 40.6 Å². The van der Waals surface area contributed by atoms with Crippen LogP contribution in [0.4, 0.5) is 5.69 Å². The van der Waals surface area contributed by atoms with Gasteiger partial charge in [-0.15, -0.1) is 0 Å². The Morgan fingerprint density at radius 2 is 2.04 bits per heavy atom. The van der Waals surface area contributed by atoms with Crippen molar-refractivity contribution in [3.8, 4) is 0 Å². The molecule has 1 spiro atoms. The molecule has 0 aromatic heterocycles. The molecule has 0 N–H and O–H groups in total. The first-order valence-electron chi connectivity index (χ1n) is 8.45. The average molecular weight is 330 g/mol. The van der Waals surface area contributed by atoms with Gasteiger partial charge in [0.25, 0.3) is 0 Å². The lowest BCUT2D eigenvalue weighted by Gasteiger charge is -2.32. The van der Waals surface area contributed by atoms with Crippen LogP contribution in [0.25, 0.3) is 0 Å². The maximum atomic E-state index is 12.7. The number of carbonyl (C=O) groups is 2. The van der Waals surface area contributed by atoms with Crippen molar-refractivity contribution in [2.24, 2.45) is 5.41 Å². The predicted octanol–water partition coefficient (Wildman–Crippen LogP) is 2.32. The first-order chi connectivity index (χ1) is 11.2. The zero-order chi connectivity index (χ0) is 15.9. The number of thioether (sulfide) groups is 1. The van der Waals surface area contributed by atoms with E-state index in [0.717, 1.165) is 43.9 Å². The number of benzene rings is 1. The fourth-order valence-corrected chi connectivity index (χ4v) is 5.51. The van der Waals surface area contributed by atoms with Crippen molar-refractivity contribution in [2.45, 2.75) is 25.7 Å². The van der Waals surface area contributed by atoms with Crippen LogP contribution >= 0.6 is 11.8 Å². The van der Waals surface area contributed by atoms with E-state index in [1.807, 2.05) is 0 Å². The van der Waals surface area contributed by atoms with Crippen LogP contribution < -0.4 is 4.90 Å². The third kappa shape index (κ3) is 2.55. The van der Waals surface area contributed by atoms with E-state index < -0.39 is 0 Å². The lowest BCUT2D eigenvalue weighted by molar-refractivity contribution is -0.140. The summed E-state index contributed by atoms with van der Waals surface area (Å²) in [6, 6.07) is 8.47. The maximum Gasteiger partial charge on any atom is 0.236 e. The third-order valence-electron chi connectivity index (χ3n) is 5.39. The van der Waals surface area contributed by atoms with E-state index in [-0.39, 0.29) is 17.2 Å². The third-order valence-corrected chi connectivity index (χ3v) is 6.64. The second kappa shape index (κ2) is 5.86. The molecule has 1 aromatic carbocycles. The smallest absolute Gasteiger partial charge is 0.236 e. The van der Waals surface area contributed by atoms with Crippen molar-refractivity contribution in [1.29, 1.82) is 0 Å². The maximum absolute atomic E-state index is 12.7. The van der Waals surface area contributed by atoms with Gasteiger partial charge in [0, 0.05) is 37.5 Å².